The molecule has 0 amide bonds. The van der Waals surface area contributed by atoms with Crippen molar-refractivity contribution in [2.45, 2.75) is 117 Å². The largest absolute Gasteiger partial charge is 0.450 e. The van der Waals surface area contributed by atoms with Crippen molar-refractivity contribution in [3.63, 3.8) is 0 Å². The number of fused-ring (bicyclic) bond motifs is 5. The lowest BCUT2D eigenvalue weighted by molar-refractivity contribution is -0.195. The van der Waals surface area contributed by atoms with E-state index < -0.39 is 17.2 Å². The highest BCUT2D eigenvalue weighted by atomic mass is 19.1. The molecule has 0 aromatic carbocycles. The maximum atomic E-state index is 16.2. The van der Waals surface area contributed by atoms with Crippen LogP contribution in [-0.4, -0.2) is 29.3 Å². The number of carbonyl (C=O) groups excluding carboxylic acids is 3. The Morgan fingerprint density at radius 2 is 1.88 bits per heavy atom. The third-order valence-corrected chi connectivity index (χ3v) is 10.1. The van der Waals surface area contributed by atoms with Gasteiger partial charge in [-0.05, 0) is 75.2 Å². The Balaban J connectivity index is 1.60. The second-order valence-electron chi connectivity index (χ2n) is 11.7. The summed E-state index contributed by atoms with van der Waals surface area (Å²) in [7, 11) is 0. The minimum Gasteiger partial charge on any atom is -0.450 e. The van der Waals surface area contributed by atoms with Gasteiger partial charge in [0, 0.05) is 24.2 Å². The molecule has 7 atom stereocenters. The van der Waals surface area contributed by atoms with Crippen molar-refractivity contribution < 1.29 is 23.5 Å². The first-order valence-corrected chi connectivity index (χ1v) is 13.2. The number of ketones is 2. The minimum atomic E-state index is -1.21. The molecule has 0 heterocycles. The van der Waals surface area contributed by atoms with Crippen LogP contribution in [0.2, 0.25) is 0 Å². The first-order chi connectivity index (χ1) is 15.6. The molecule has 0 aromatic heterocycles. The number of ether oxygens (including phenoxy) is 1. The summed E-state index contributed by atoms with van der Waals surface area (Å²) in [6.07, 6.45) is 9.38. The molecule has 3 saturated carbocycles. The zero-order valence-electron chi connectivity index (χ0n) is 20.9. The van der Waals surface area contributed by atoms with Crippen LogP contribution in [0.1, 0.15) is 105 Å². The lowest BCUT2D eigenvalue weighted by Crippen LogP contribution is -2.61. The van der Waals surface area contributed by atoms with Crippen LogP contribution in [0.25, 0.3) is 0 Å². The van der Waals surface area contributed by atoms with Gasteiger partial charge in [-0.15, -0.1) is 0 Å². The summed E-state index contributed by atoms with van der Waals surface area (Å²) in [5.74, 6) is -0.102. The van der Waals surface area contributed by atoms with Gasteiger partial charge in [0.1, 0.15) is 6.17 Å². The molecule has 0 spiro atoms. The molecule has 4 aliphatic carbocycles. The van der Waals surface area contributed by atoms with Gasteiger partial charge in [0.05, 0.1) is 0 Å². The number of unbranched alkanes of at least 4 members (excludes halogenated alkanes) is 3. The summed E-state index contributed by atoms with van der Waals surface area (Å²) in [4.78, 5) is 38.0. The zero-order valence-corrected chi connectivity index (χ0v) is 20.9. The van der Waals surface area contributed by atoms with E-state index in [4.69, 9.17) is 4.74 Å². The fourth-order valence-corrected chi connectivity index (χ4v) is 8.36. The highest BCUT2D eigenvalue weighted by Crippen LogP contribution is 2.68. The summed E-state index contributed by atoms with van der Waals surface area (Å²) in [5, 5.41) is 0. The number of alkyl halides is 1. The Morgan fingerprint density at radius 3 is 2.58 bits per heavy atom. The van der Waals surface area contributed by atoms with E-state index >= 15 is 4.39 Å². The average molecular weight is 461 g/mol. The highest BCUT2D eigenvalue weighted by Gasteiger charge is 2.70. The molecule has 4 aliphatic rings. The van der Waals surface area contributed by atoms with Crippen LogP contribution in [0.3, 0.4) is 0 Å². The third kappa shape index (κ3) is 3.82. The van der Waals surface area contributed by atoms with Crippen LogP contribution >= 0.6 is 0 Å². The molecule has 3 fully saturated rings. The molecule has 33 heavy (non-hydrogen) atoms. The molecule has 0 N–H and O–H groups in total. The SMILES string of the molecule is CCCCCCC(=O)O[C@]1(C(C)=O)CC[C@H]2[C@@H]3CCC4=CC(=O)CC[C@]4(C)[C@H]3[C@@H](F)C[C@@]21C. The summed E-state index contributed by atoms with van der Waals surface area (Å²) in [5.41, 5.74) is -1.05. The maximum absolute atomic E-state index is 16.2. The number of esters is 1. The van der Waals surface area contributed by atoms with Gasteiger partial charge in [-0.3, -0.25) is 14.4 Å². The lowest BCUT2D eigenvalue weighted by atomic mass is 9.45. The van der Waals surface area contributed by atoms with Gasteiger partial charge in [0.2, 0.25) is 0 Å². The molecule has 0 bridgehead atoms. The molecule has 0 aliphatic heterocycles. The van der Waals surface area contributed by atoms with Crippen molar-refractivity contribution in [3.05, 3.63) is 11.6 Å². The van der Waals surface area contributed by atoms with Crippen LogP contribution in [0, 0.1) is 28.6 Å². The normalized spacial score (nSPS) is 42.1. The van der Waals surface area contributed by atoms with E-state index in [1.165, 1.54) is 6.92 Å². The molecule has 0 radical (unpaired) electrons. The van der Waals surface area contributed by atoms with Crippen molar-refractivity contribution >= 4 is 17.5 Å². The van der Waals surface area contributed by atoms with E-state index in [0.717, 1.165) is 50.5 Å². The minimum absolute atomic E-state index is 0.129. The first kappa shape index (κ1) is 24.6. The van der Waals surface area contributed by atoms with Crippen LogP contribution in [0.4, 0.5) is 4.39 Å². The van der Waals surface area contributed by atoms with Crippen molar-refractivity contribution in [2.24, 2.45) is 28.6 Å². The number of halogens is 1. The second kappa shape index (κ2) is 8.92. The van der Waals surface area contributed by atoms with Crippen LogP contribution in [-0.2, 0) is 19.1 Å². The van der Waals surface area contributed by atoms with Crippen molar-refractivity contribution in [1.82, 2.24) is 0 Å². The van der Waals surface area contributed by atoms with Gasteiger partial charge in [-0.2, -0.15) is 0 Å². The zero-order chi connectivity index (χ0) is 24.0. The van der Waals surface area contributed by atoms with Gasteiger partial charge in [0.15, 0.2) is 17.2 Å². The molecule has 5 heteroatoms. The Morgan fingerprint density at radius 1 is 1.12 bits per heavy atom. The topological polar surface area (TPSA) is 60.4 Å². The van der Waals surface area contributed by atoms with E-state index in [0.29, 0.717) is 25.7 Å². The van der Waals surface area contributed by atoms with E-state index in [1.807, 2.05) is 6.92 Å². The van der Waals surface area contributed by atoms with E-state index in [2.05, 4.69) is 13.8 Å². The molecule has 184 valence electrons. The lowest BCUT2D eigenvalue weighted by Gasteiger charge is -2.60. The molecule has 0 unspecified atom stereocenters. The molecular weight excluding hydrogens is 419 g/mol. The Bertz CT molecular complexity index is 849. The molecular formula is C28H41FO4. The first-order valence-electron chi connectivity index (χ1n) is 13.2. The molecule has 4 rings (SSSR count). The van der Waals surface area contributed by atoms with Gasteiger partial charge in [-0.25, -0.2) is 4.39 Å². The van der Waals surface area contributed by atoms with Gasteiger partial charge >= 0.3 is 5.97 Å². The number of Topliss-reactive ketones (excluding diaryl/α,β-unsaturated/α-hetero) is 1. The monoisotopic (exact) mass is 460 g/mol. The number of allylic oxidation sites excluding steroid dienone is 1. The Kier molecular flexibility index (Phi) is 6.65. The van der Waals surface area contributed by atoms with Gasteiger partial charge in [-0.1, -0.05) is 45.6 Å². The Labute approximate surface area is 198 Å². The predicted molar refractivity (Wildman–Crippen MR) is 125 cm³/mol. The predicted octanol–water partition coefficient (Wildman–Crippen LogP) is 6.31. The van der Waals surface area contributed by atoms with Crippen molar-refractivity contribution in [3.8, 4) is 0 Å². The number of hydrogen-bond donors (Lipinski definition) is 0. The van der Waals surface area contributed by atoms with Gasteiger partial charge in [0.25, 0.3) is 0 Å². The van der Waals surface area contributed by atoms with E-state index in [-0.39, 0.29) is 47.1 Å². The van der Waals surface area contributed by atoms with E-state index in [1.54, 1.807) is 6.08 Å². The smallest absolute Gasteiger partial charge is 0.306 e. The quantitative estimate of drug-likeness (QED) is 0.330. The third-order valence-electron chi connectivity index (χ3n) is 10.1. The second-order valence-corrected chi connectivity index (χ2v) is 11.7. The Hall–Kier alpha value is -1.52. The summed E-state index contributed by atoms with van der Waals surface area (Å²) in [6.45, 7) is 7.81. The van der Waals surface area contributed by atoms with Crippen LogP contribution < -0.4 is 0 Å². The molecule has 0 saturated heterocycles. The van der Waals surface area contributed by atoms with Crippen molar-refractivity contribution in [1.29, 1.82) is 0 Å². The van der Waals surface area contributed by atoms with Crippen LogP contribution in [0.15, 0.2) is 11.6 Å². The van der Waals surface area contributed by atoms with E-state index in [9.17, 15) is 14.4 Å². The number of hydrogen-bond acceptors (Lipinski definition) is 4. The fraction of sp³-hybridized carbons (Fsp3) is 0.821. The maximum Gasteiger partial charge on any atom is 0.306 e. The summed E-state index contributed by atoms with van der Waals surface area (Å²) < 4.78 is 22.3. The fourth-order valence-electron chi connectivity index (χ4n) is 8.36. The standard InChI is InChI=1S/C28H41FO4/c1-5-6-7-8-9-24(32)33-28(18(2)30)15-13-22-21-11-10-19-16-20(31)12-14-26(19,3)25(21)23(29)17-27(22,28)4/h16,21-23,25H,5-15,17H2,1-4H3/t21-,22-,23-,25+,26-,27-,28-/m0/s1. The number of carbonyl (C=O) groups is 3. The molecule has 4 nitrogen and oxygen atoms in total. The highest BCUT2D eigenvalue weighted by molar-refractivity contribution is 5.92. The summed E-state index contributed by atoms with van der Waals surface area (Å²) in [6, 6.07) is 0. The average Bonchev–Trinajstić information content (AvgIpc) is 3.04. The summed E-state index contributed by atoms with van der Waals surface area (Å²) >= 11 is 0. The van der Waals surface area contributed by atoms with Crippen molar-refractivity contribution in [2.75, 3.05) is 0 Å². The van der Waals surface area contributed by atoms with Crippen LogP contribution in [0.5, 0.6) is 0 Å². The van der Waals surface area contributed by atoms with Gasteiger partial charge < -0.3 is 4.74 Å². The number of rotatable bonds is 7. The molecule has 0 aromatic rings.